The summed E-state index contributed by atoms with van der Waals surface area (Å²) in [6, 6.07) is 10.4. The fourth-order valence-corrected chi connectivity index (χ4v) is 5.92. The number of Topliss-reactive ketones (excluding diaryl/α,β-unsaturated/α-hetero) is 1. The number of hydrogen-bond acceptors (Lipinski definition) is 5. The Kier molecular flexibility index (Phi) is 5.14. The number of carbonyl (C=O) groups excluding carboxylic acids is 1. The van der Waals surface area contributed by atoms with Crippen molar-refractivity contribution in [3.63, 3.8) is 0 Å². The predicted molar refractivity (Wildman–Crippen MR) is 121 cm³/mol. The Morgan fingerprint density at radius 3 is 2.62 bits per heavy atom. The van der Waals surface area contributed by atoms with Gasteiger partial charge in [0.25, 0.3) is 0 Å². The lowest BCUT2D eigenvalue weighted by Gasteiger charge is -2.40. The minimum Gasteiger partial charge on any atom is -0.384 e. The largest absolute Gasteiger partial charge is 0.384 e. The molecule has 0 saturated heterocycles. The standard InChI is InChI=1S/C23H22BrN3OS/c1-12-9-15(24)7-8-18(12)27-19-5-4-6-20(28)22(19)21(17(11-25)23(27)26)16-10-13(2)29-14(16)3/h7-10,21H,4-6,26H2,1-3H3. The first-order chi connectivity index (χ1) is 13.8. The second kappa shape index (κ2) is 7.47. The molecule has 4 rings (SSSR count). The van der Waals surface area contributed by atoms with Crippen LogP contribution < -0.4 is 10.6 Å². The number of anilines is 1. The van der Waals surface area contributed by atoms with Gasteiger partial charge >= 0.3 is 0 Å². The lowest BCUT2D eigenvalue weighted by atomic mass is 9.75. The summed E-state index contributed by atoms with van der Waals surface area (Å²) < 4.78 is 0.981. The normalized spacial score (nSPS) is 19.5. The molecule has 29 heavy (non-hydrogen) atoms. The molecule has 6 heteroatoms. The van der Waals surface area contributed by atoms with Gasteiger partial charge in [-0.05, 0) is 69.0 Å². The maximum absolute atomic E-state index is 13.2. The van der Waals surface area contributed by atoms with Crippen LogP contribution in [0.3, 0.4) is 0 Å². The number of nitriles is 1. The van der Waals surface area contributed by atoms with Gasteiger partial charge in [-0.2, -0.15) is 5.26 Å². The van der Waals surface area contributed by atoms with Crippen molar-refractivity contribution >= 4 is 38.7 Å². The van der Waals surface area contributed by atoms with E-state index in [0.717, 1.165) is 50.3 Å². The van der Waals surface area contributed by atoms with Crippen LogP contribution in [0.1, 0.15) is 46.1 Å². The molecule has 1 aromatic heterocycles. The summed E-state index contributed by atoms with van der Waals surface area (Å²) >= 11 is 5.20. The van der Waals surface area contributed by atoms with Crippen LogP contribution in [0.5, 0.6) is 0 Å². The third-order valence-corrected chi connectivity index (χ3v) is 7.18. The molecule has 1 atom stereocenters. The Balaban J connectivity index is 2.01. The molecular formula is C23H22BrN3OS. The van der Waals surface area contributed by atoms with Crippen LogP contribution in [0.25, 0.3) is 0 Å². The van der Waals surface area contributed by atoms with Gasteiger partial charge in [0.05, 0.1) is 23.2 Å². The topological polar surface area (TPSA) is 70.1 Å². The second-order valence-corrected chi connectivity index (χ2v) is 9.99. The third-order valence-electron chi connectivity index (χ3n) is 5.70. The summed E-state index contributed by atoms with van der Waals surface area (Å²) in [5, 5.41) is 10.1. The van der Waals surface area contributed by atoms with E-state index in [9.17, 15) is 10.1 Å². The molecule has 0 saturated carbocycles. The summed E-state index contributed by atoms with van der Waals surface area (Å²) in [6.07, 6.45) is 2.09. The minimum absolute atomic E-state index is 0.125. The zero-order valence-corrected chi connectivity index (χ0v) is 19.1. The van der Waals surface area contributed by atoms with E-state index in [1.807, 2.05) is 30.0 Å². The van der Waals surface area contributed by atoms with Crippen molar-refractivity contribution in [2.45, 2.75) is 46.0 Å². The van der Waals surface area contributed by atoms with E-state index < -0.39 is 0 Å². The lowest BCUT2D eigenvalue weighted by Crippen LogP contribution is -2.39. The third kappa shape index (κ3) is 3.23. The Bertz CT molecular complexity index is 1140. The number of thiophene rings is 1. The number of halogens is 1. The van der Waals surface area contributed by atoms with Crippen LogP contribution in [0.2, 0.25) is 0 Å². The number of carbonyl (C=O) groups is 1. The molecular weight excluding hydrogens is 446 g/mol. The van der Waals surface area contributed by atoms with Gasteiger partial charge in [-0.3, -0.25) is 9.69 Å². The van der Waals surface area contributed by atoms with E-state index in [1.165, 1.54) is 4.88 Å². The molecule has 1 aliphatic carbocycles. The van der Waals surface area contributed by atoms with E-state index in [0.29, 0.717) is 17.8 Å². The number of hydrogen-bond donors (Lipinski definition) is 1. The zero-order valence-electron chi connectivity index (χ0n) is 16.7. The molecule has 1 aromatic carbocycles. The monoisotopic (exact) mass is 467 g/mol. The number of allylic oxidation sites excluding steroid dienone is 3. The number of nitrogens with zero attached hydrogens (tertiary/aromatic N) is 2. The molecule has 0 fully saturated rings. The van der Waals surface area contributed by atoms with Gasteiger partial charge in [0.15, 0.2) is 5.78 Å². The Labute approximate surface area is 183 Å². The first-order valence-corrected chi connectivity index (χ1v) is 11.2. The van der Waals surface area contributed by atoms with Gasteiger partial charge in [-0.25, -0.2) is 0 Å². The molecule has 0 radical (unpaired) electrons. The molecule has 4 nitrogen and oxygen atoms in total. The highest BCUT2D eigenvalue weighted by atomic mass is 79.9. The van der Waals surface area contributed by atoms with Gasteiger partial charge < -0.3 is 5.73 Å². The second-order valence-electron chi connectivity index (χ2n) is 7.62. The quantitative estimate of drug-likeness (QED) is 0.610. The molecule has 0 amide bonds. The molecule has 148 valence electrons. The Morgan fingerprint density at radius 1 is 1.24 bits per heavy atom. The van der Waals surface area contributed by atoms with Crippen molar-refractivity contribution in [2.24, 2.45) is 5.73 Å². The Morgan fingerprint density at radius 2 is 2.00 bits per heavy atom. The average molecular weight is 468 g/mol. The van der Waals surface area contributed by atoms with Crippen molar-refractivity contribution < 1.29 is 4.79 Å². The maximum Gasteiger partial charge on any atom is 0.161 e. The highest BCUT2D eigenvalue weighted by molar-refractivity contribution is 9.10. The number of aryl methyl sites for hydroxylation is 3. The molecule has 2 aromatic rings. The number of rotatable bonds is 2. The van der Waals surface area contributed by atoms with Crippen LogP contribution in [-0.2, 0) is 4.79 Å². The molecule has 0 bridgehead atoms. The van der Waals surface area contributed by atoms with E-state index in [4.69, 9.17) is 5.73 Å². The van der Waals surface area contributed by atoms with Crippen LogP contribution in [-0.4, -0.2) is 5.78 Å². The van der Waals surface area contributed by atoms with Crippen LogP contribution >= 0.6 is 27.3 Å². The fraction of sp³-hybridized carbons (Fsp3) is 0.304. The van der Waals surface area contributed by atoms with E-state index >= 15 is 0 Å². The maximum atomic E-state index is 13.2. The minimum atomic E-state index is -0.375. The molecule has 2 N–H and O–H groups in total. The molecule has 0 spiro atoms. The van der Waals surface area contributed by atoms with E-state index in [-0.39, 0.29) is 11.7 Å². The number of benzene rings is 1. The van der Waals surface area contributed by atoms with E-state index in [1.54, 1.807) is 11.3 Å². The summed E-state index contributed by atoms with van der Waals surface area (Å²) in [5.41, 5.74) is 11.8. The summed E-state index contributed by atoms with van der Waals surface area (Å²) in [6.45, 7) is 6.12. The van der Waals surface area contributed by atoms with Crippen molar-refractivity contribution in [2.75, 3.05) is 4.90 Å². The fourth-order valence-electron chi connectivity index (χ4n) is 4.48. The highest BCUT2D eigenvalue weighted by Gasteiger charge is 2.41. The van der Waals surface area contributed by atoms with E-state index in [2.05, 4.69) is 41.9 Å². The van der Waals surface area contributed by atoms with Crippen molar-refractivity contribution in [3.8, 4) is 6.07 Å². The first kappa shape index (κ1) is 19.9. The van der Waals surface area contributed by atoms with Crippen molar-refractivity contribution in [3.05, 3.63) is 72.3 Å². The Hall–Kier alpha value is -2.36. The number of ketones is 1. The SMILES string of the molecule is Cc1cc(C2C(C#N)=C(N)N(c3ccc(Br)cc3C)C3=C2C(=O)CCC3)c(C)s1. The van der Waals surface area contributed by atoms with Crippen molar-refractivity contribution in [1.82, 2.24) is 0 Å². The van der Waals surface area contributed by atoms with Crippen LogP contribution in [0.15, 0.2) is 51.4 Å². The molecule has 2 heterocycles. The smallest absolute Gasteiger partial charge is 0.161 e. The van der Waals surface area contributed by atoms with Gasteiger partial charge in [-0.1, -0.05) is 15.9 Å². The van der Waals surface area contributed by atoms with Gasteiger partial charge in [0.1, 0.15) is 5.82 Å². The van der Waals surface area contributed by atoms with Gasteiger partial charge in [0, 0.05) is 31.9 Å². The van der Waals surface area contributed by atoms with Gasteiger partial charge in [0.2, 0.25) is 0 Å². The zero-order chi connectivity index (χ0) is 20.9. The average Bonchev–Trinajstić information content (AvgIpc) is 3.00. The first-order valence-electron chi connectivity index (χ1n) is 9.62. The van der Waals surface area contributed by atoms with Crippen molar-refractivity contribution in [1.29, 1.82) is 5.26 Å². The summed E-state index contributed by atoms with van der Waals surface area (Å²) in [7, 11) is 0. The predicted octanol–water partition coefficient (Wildman–Crippen LogP) is 5.74. The van der Waals surface area contributed by atoms with Gasteiger partial charge in [-0.15, -0.1) is 11.3 Å². The summed E-state index contributed by atoms with van der Waals surface area (Å²) in [4.78, 5) is 17.4. The number of nitrogens with two attached hydrogens (primary N) is 1. The molecule has 2 aliphatic rings. The molecule has 1 aliphatic heterocycles. The lowest BCUT2D eigenvalue weighted by molar-refractivity contribution is -0.116. The molecule has 1 unspecified atom stereocenters. The van der Waals surface area contributed by atoms with Crippen LogP contribution in [0.4, 0.5) is 5.69 Å². The summed E-state index contributed by atoms with van der Waals surface area (Å²) in [5.74, 6) is 0.180. The van der Waals surface area contributed by atoms with Crippen LogP contribution in [0, 0.1) is 32.1 Å². The highest BCUT2D eigenvalue weighted by Crippen LogP contribution is 2.48.